The normalized spacial score (nSPS) is 11.5. The lowest BCUT2D eigenvalue weighted by Gasteiger charge is -2.16. The molecule has 5 heteroatoms. The van der Waals surface area contributed by atoms with Gasteiger partial charge in [0.2, 0.25) is 0 Å². The predicted molar refractivity (Wildman–Crippen MR) is 83.5 cm³/mol. The number of para-hydroxylation sites is 1. The summed E-state index contributed by atoms with van der Waals surface area (Å²) in [5.41, 5.74) is 6.43. The molecule has 2 rings (SSSR count). The highest BCUT2D eigenvalue weighted by Gasteiger charge is 2.15. The number of rotatable bonds is 6. The molecule has 1 atom stereocenters. The van der Waals surface area contributed by atoms with Gasteiger partial charge < -0.3 is 15.8 Å². The molecule has 22 heavy (non-hydrogen) atoms. The Morgan fingerprint density at radius 1 is 1.09 bits per heavy atom. The zero-order chi connectivity index (χ0) is 15.9. The second-order valence-electron chi connectivity index (χ2n) is 4.86. The number of benzene rings is 2. The average Bonchev–Trinajstić information content (AvgIpc) is 2.54. The number of nitrogens with two attached hydrogens (primary N) is 1. The first-order chi connectivity index (χ1) is 10.6. The molecule has 114 valence electrons. The van der Waals surface area contributed by atoms with Gasteiger partial charge in [-0.15, -0.1) is 0 Å². The van der Waals surface area contributed by atoms with Crippen molar-refractivity contribution in [3.8, 4) is 5.75 Å². The summed E-state index contributed by atoms with van der Waals surface area (Å²) in [6, 6.07) is 16.2. The number of hydrogen-bond acceptors (Lipinski definition) is 3. The molecule has 0 aromatic heterocycles. The molecule has 2 amide bonds. The van der Waals surface area contributed by atoms with E-state index in [9.17, 15) is 9.59 Å². The summed E-state index contributed by atoms with van der Waals surface area (Å²) in [5, 5.41) is 2.91. The smallest absolute Gasteiger partial charge is 0.255 e. The maximum atomic E-state index is 12.4. The molecule has 0 bridgehead atoms. The monoisotopic (exact) mass is 298 g/mol. The van der Waals surface area contributed by atoms with E-state index in [1.54, 1.807) is 24.3 Å². The molecule has 3 N–H and O–H groups in total. The Morgan fingerprint density at radius 3 is 2.41 bits per heavy atom. The van der Waals surface area contributed by atoms with Gasteiger partial charge in [0.1, 0.15) is 5.75 Å². The van der Waals surface area contributed by atoms with Gasteiger partial charge in [-0.05, 0) is 24.6 Å². The molecular weight excluding hydrogens is 280 g/mol. The van der Waals surface area contributed by atoms with Crippen LogP contribution in [0.25, 0.3) is 0 Å². The van der Waals surface area contributed by atoms with E-state index in [4.69, 9.17) is 10.5 Å². The number of carbonyl (C=O) groups is 2. The molecule has 2 aromatic rings. The van der Waals surface area contributed by atoms with Crippen LogP contribution in [-0.2, 0) is 4.79 Å². The van der Waals surface area contributed by atoms with Gasteiger partial charge in [-0.1, -0.05) is 42.5 Å². The number of primary amides is 1. The first-order valence-electron chi connectivity index (χ1n) is 6.94. The van der Waals surface area contributed by atoms with Gasteiger partial charge in [0.25, 0.3) is 11.8 Å². The van der Waals surface area contributed by atoms with Crippen molar-refractivity contribution in [1.82, 2.24) is 5.32 Å². The quantitative estimate of drug-likeness (QED) is 0.856. The summed E-state index contributed by atoms with van der Waals surface area (Å²) in [4.78, 5) is 23.2. The van der Waals surface area contributed by atoms with Gasteiger partial charge in [0, 0.05) is 0 Å². The molecule has 0 aliphatic rings. The van der Waals surface area contributed by atoms with E-state index in [1.807, 2.05) is 37.3 Å². The predicted octanol–water partition coefficient (Wildman–Crippen LogP) is 2.04. The summed E-state index contributed by atoms with van der Waals surface area (Å²) in [6.45, 7) is 1.64. The molecule has 0 saturated heterocycles. The fourth-order valence-electron chi connectivity index (χ4n) is 2.03. The topological polar surface area (TPSA) is 81.4 Å². The van der Waals surface area contributed by atoms with Crippen molar-refractivity contribution in [1.29, 1.82) is 0 Å². The van der Waals surface area contributed by atoms with Gasteiger partial charge in [0.05, 0.1) is 11.6 Å². The molecule has 0 fully saturated rings. The van der Waals surface area contributed by atoms with Crippen LogP contribution >= 0.6 is 0 Å². The number of nitrogens with one attached hydrogen (secondary N) is 1. The Kier molecular flexibility index (Phi) is 5.14. The lowest BCUT2D eigenvalue weighted by molar-refractivity contribution is -0.119. The van der Waals surface area contributed by atoms with Crippen LogP contribution in [0.15, 0.2) is 54.6 Å². The summed E-state index contributed by atoms with van der Waals surface area (Å²) in [5.74, 6) is -0.525. The van der Waals surface area contributed by atoms with E-state index in [-0.39, 0.29) is 18.6 Å². The Bertz CT molecular complexity index is 656. The van der Waals surface area contributed by atoms with Crippen molar-refractivity contribution < 1.29 is 14.3 Å². The van der Waals surface area contributed by atoms with Crippen LogP contribution in [0.4, 0.5) is 0 Å². The zero-order valence-corrected chi connectivity index (χ0v) is 12.3. The minimum atomic E-state index is -0.590. The fraction of sp³-hybridized carbons (Fsp3) is 0.176. The van der Waals surface area contributed by atoms with Crippen LogP contribution < -0.4 is 15.8 Å². The highest BCUT2D eigenvalue weighted by atomic mass is 16.5. The van der Waals surface area contributed by atoms with Gasteiger partial charge >= 0.3 is 0 Å². The van der Waals surface area contributed by atoms with Crippen molar-refractivity contribution in [3.63, 3.8) is 0 Å². The molecule has 0 aliphatic heterocycles. The second-order valence-corrected chi connectivity index (χ2v) is 4.86. The number of hydrogen-bond donors (Lipinski definition) is 2. The SMILES string of the molecule is CC(NC(=O)c1ccccc1OCC(N)=O)c1ccccc1. The molecular formula is C17H18N2O3. The standard InChI is InChI=1S/C17H18N2O3/c1-12(13-7-3-2-4-8-13)19-17(21)14-9-5-6-10-15(14)22-11-16(18)20/h2-10,12H,11H2,1H3,(H2,18,20)(H,19,21). The van der Waals surface area contributed by atoms with Crippen molar-refractivity contribution >= 4 is 11.8 Å². The summed E-state index contributed by atoms with van der Waals surface area (Å²) < 4.78 is 5.27. The van der Waals surface area contributed by atoms with E-state index in [0.717, 1.165) is 5.56 Å². The van der Waals surface area contributed by atoms with Crippen LogP contribution in [0.5, 0.6) is 5.75 Å². The number of amides is 2. The highest BCUT2D eigenvalue weighted by molar-refractivity contribution is 5.97. The number of carbonyl (C=O) groups excluding carboxylic acids is 2. The van der Waals surface area contributed by atoms with E-state index in [0.29, 0.717) is 11.3 Å². The zero-order valence-electron chi connectivity index (χ0n) is 12.3. The summed E-state index contributed by atoms with van der Waals surface area (Å²) >= 11 is 0. The van der Waals surface area contributed by atoms with E-state index in [2.05, 4.69) is 5.32 Å². The Hall–Kier alpha value is -2.82. The summed E-state index contributed by atoms with van der Waals surface area (Å²) in [6.07, 6.45) is 0. The first-order valence-corrected chi connectivity index (χ1v) is 6.94. The van der Waals surface area contributed by atoms with Gasteiger partial charge in [0.15, 0.2) is 6.61 Å². The third-order valence-corrected chi connectivity index (χ3v) is 3.15. The molecule has 2 aromatic carbocycles. The van der Waals surface area contributed by atoms with Gasteiger partial charge in [-0.2, -0.15) is 0 Å². The minimum absolute atomic E-state index is 0.141. The summed E-state index contributed by atoms with van der Waals surface area (Å²) in [7, 11) is 0. The number of ether oxygens (including phenoxy) is 1. The Morgan fingerprint density at radius 2 is 1.73 bits per heavy atom. The molecule has 0 spiro atoms. The minimum Gasteiger partial charge on any atom is -0.483 e. The van der Waals surface area contributed by atoms with Crippen LogP contribution in [0, 0.1) is 0 Å². The second kappa shape index (κ2) is 7.26. The van der Waals surface area contributed by atoms with E-state index in [1.165, 1.54) is 0 Å². The molecule has 0 saturated carbocycles. The van der Waals surface area contributed by atoms with Crippen LogP contribution in [0.1, 0.15) is 28.9 Å². The van der Waals surface area contributed by atoms with E-state index >= 15 is 0 Å². The maximum Gasteiger partial charge on any atom is 0.255 e. The third-order valence-electron chi connectivity index (χ3n) is 3.15. The molecule has 0 radical (unpaired) electrons. The highest BCUT2D eigenvalue weighted by Crippen LogP contribution is 2.19. The van der Waals surface area contributed by atoms with Gasteiger partial charge in [-0.25, -0.2) is 0 Å². The third kappa shape index (κ3) is 4.09. The Balaban J connectivity index is 2.11. The van der Waals surface area contributed by atoms with E-state index < -0.39 is 5.91 Å². The first kappa shape index (κ1) is 15.6. The lowest BCUT2D eigenvalue weighted by Crippen LogP contribution is -2.27. The average molecular weight is 298 g/mol. The molecule has 1 unspecified atom stereocenters. The largest absolute Gasteiger partial charge is 0.483 e. The van der Waals surface area contributed by atoms with Crippen molar-refractivity contribution in [2.45, 2.75) is 13.0 Å². The fourth-order valence-corrected chi connectivity index (χ4v) is 2.03. The van der Waals surface area contributed by atoms with Crippen LogP contribution in [-0.4, -0.2) is 18.4 Å². The molecule has 0 aliphatic carbocycles. The lowest BCUT2D eigenvalue weighted by atomic mass is 10.1. The van der Waals surface area contributed by atoms with Crippen molar-refractivity contribution in [2.75, 3.05) is 6.61 Å². The molecule has 0 heterocycles. The molecule has 5 nitrogen and oxygen atoms in total. The maximum absolute atomic E-state index is 12.4. The van der Waals surface area contributed by atoms with Crippen molar-refractivity contribution in [3.05, 3.63) is 65.7 Å². The van der Waals surface area contributed by atoms with Crippen molar-refractivity contribution in [2.24, 2.45) is 5.73 Å². The van der Waals surface area contributed by atoms with Gasteiger partial charge in [-0.3, -0.25) is 9.59 Å². The Labute approximate surface area is 129 Å². The van der Waals surface area contributed by atoms with Crippen LogP contribution in [0.3, 0.4) is 0 Å². The van der Waals surface area contributed by atoms with Crippen LogP contribution in [0.2, 0.25) is 0 Å².